The summed E-state index contributed by atoms with van der Waals surface area (Å²) < 4.78 is 10.6. The molecule has 0 aromatic carbocycles. The van der Waals surface area contributed by atoms with E-state index >= 15 is 0 Å². The average molecular weight is 279 g/mol. The van der Waals surface area contributed by atoms with Gasteiger partial charge in [0.2, 0.25) is 5.91 Å². The van der Waals surface area contributed by atoms with Gasteiger partial charge in [-0.25, -0.2) is 0 Å². The van der Waals surface area contributed by atoms with Gasteiger partial charge in [0.05, 0.1) is 26.3 Å². The number of piperazine rings is 1. The molecule has 2 rings (SSSR count). The summed E-state index contributed by atoms with van der Waals surface area (Å²) in [6.45, 7) is 5.62. The number of hydrogen-bond acceptors (Lipinski definition) is 5. The number of rotatable bonds is 4. The monoisotopic (exact) mass is 279 g/mol. The molecular weight excluding hydrogens is 258 g/mol. The molecule has 1 amide bonds. The molecule has 0 atom stereocenters. The van der Waals surface area contributed by atoms with Crippen LogP contribution in [0.25, 0.3) is 0 Å². The Hall–Kier alpha value is -1.82. The van der Waals surface area contributed by atoms with Crippen molar-refractivity contribution in [3.05, 3.63) is 18.0 Å². The molecule has 1 aromatic heterocycles. The molecule has 0 radical (unpaired) electrons. The lowest BCUT2D eigenvalue weighted by Gasteiger charge is -2.38. The van der Waals surface area contributed by atoms with Crippen LogP contribution in [0.1, 0.15) is 19.5 Å². The van der Waals surface area contributed by atoms with E-state index in [1.807, 2.05) is 13.8 Å². The molecule has 0 unspecified atom stereocenters. The van der Waals surface area contributed by atoms with Crippen LogP contribution in [0, 0.1) is 0 Å². The lowest BCUT2D eigenvalue weighted by molar-refractivity contribution is -0.140. The van der Waals surface area contributed by atoms with Crippen molar-refractivity contribution in [3.63, 3.8) is 0 Å². The molecule has 1 aliphatic rings. The maximum atomic E-state index is 12.4. The van der Waals surface area contributed by atoms with Gasteiger partial charge in [-0.3, -0.25) is 9.78 Å². The fourth-order valence-electron chi connectivity index (χ4n) is 2.37. The Morgan fingerprint density at radius 2 is 2.15 bits per heavy atom. The fourth-order valence-corrected chi connectivity index (χ4v) is 2.37. The standard InChI is InChI=1S/C14H21N3O3/c1-14(2)13(18)17(8-7-16-14)9-10-12(20-4)11(19-3)5-6-15-10/h5-6,16H,7-9H2,1-4H3. The van der Waals surface area contributed by atoms with Crippen LogP contribution in [0.3, 0.4) is 0 Å². The van der Waals surface area contributed by atoms with E-state index in [-0.39, 0.29) is 5.91 Å². The molecule has 6 nitrogen and oxygen atoms in total. The number of aromatic nitrogens is 1. The zero-order valence-electron chi connectivity index (χ0n) is 12.4. The van der Waals surface area contributed by atoms with Gasteiger partial charge in [0.1, 0.15) is 5.69 Å². The predicted octanol–water partition coefficient (Wildman–Crippen LogP) is 0.809. The first-order valence-corrected chi connectivity index (χ1v) is 6.60. The number of hydrogen-bond donors (Lipinski definition) is 1. The van der Waals surface area contributed by atoms with Crippen molar-refractivity contribution in [1.82, 2.24) is 15.2 Å². The average Bonchev–Trinajstić information content (AvgIpc) is 2.43. The number of methoxy groups -OCH3 is 2. The van der Waals surface area contributed by atoms with Gasteiger partial charge >= 0.3 is 0 Å². The van der Waals surface area contributed by atoms with Gasteiger partial charge in [0, 0.05) is 25.4 Å². The molecule has 0 aliphatic carbocycles. The summed E-state index contributed by atoms with van der Waals surface area (Å²) in [5, 5.41) is 3.21. The lowest BCUT2D eigenvalue weighted by atomic mass is 10.0. The molecule has 1 fully saturated rings. The summed E-state index contributed by atoms with van der Waals surface area (Å²) >= 11 is 0. The smallest absolute Gasteiger partial charge is 0.242 e. The summed E-state index contributed by atoms with van der Waals surface area (Å²) in [6, 6.07) is 1.74. The Labute approximate surface area is 119 Å². The first kappa shape index (κ1) is 14.6. The first-order chi connectivity index (χ1) is 9.49. The molecular formula is C14H21N3O3. The fraction of sp³-hybridized carbons (Fsp3) is 0.571. The van der Waals surface area contributed by atoms with E-state index in [0.29, 0.717) is 30.3 Å². The highest BCUT2D eigenvalue weighted by molar-refractivity contribution is 5.86. The number of nitrogens with zero attached hydrogens (tertiary/aromatic N) is 2. The minimum absolute atomic E-state index is 0.0652. The van der Waals surface area contributed by atoms with Crippen molar-refractivity contribution in [2.75, 3.05) is 27.3 Å². The van der Waals surface area contributed by atoms with Crippen molar-refractivity contribution in [2.24, 2.45) is 0 Å². The Morgan fingerprint density at radius 3 is 2.80 bits per heavy atom. The second kappa shape index (κ2) is 5.66. The second-order valence-corrected chi connectivity index (χ2v) is 5.27. The summed E-state index contributed by atoms with van der Waals surface area (Å²) in [6.07, 6.45) is 1.66. The summed E-state index contributed by atoms with van der Waals surface area (Å²) in [5.41, 5.74) is 0.169. The number of ether oxygens (including phenoxy) is 2. The minimum Gasteiger partial charge on any atom is -0.493 e. The summed E-state index contributed by atoms with van der Waals surface area (Å²) in [4.78, 5) is 18.5. The van der Waals surface area contributed by atoms with E-state index in [9.17, 15) is 4.79 Å². The van der Waals surface area contributed by atoms with Crippen LogP contribution in [0.2, 0.25) is 0 Å². The van der Waals surface area contributed by atoms with Crippen molar-refractivity contribution in [2.45, 2.75) is 25.9 Å². The number of nitrogens with one attached hydrogen (secondary N) is 1. The molecule has 1 aliphatic heterocycles. The van der Waals surface area contributed by atoms with E-state index in [1.54, 1.807) is 31.4 Å². The van der Waals surface area contributed by atoms with Gasteiger partial charge in [-0.2, -0.15) is 0 Å². The normalized spacial score (nSPS) is 18.0. The van der Waals surface area contributed by atoms with E-state index < -0.39 is 5.54 Å². The van der Waals surface area contributed by atoms with E-state index in [0.717, 1.165) is 6.54 Å². The van der Waals surface area contributed by atoms with Crippen molar-refractivity contribution in [3.8, 4) is 11.5 Å². The van der Waals surface area contributed by atoms with Crippen LogP contribution in [0.4, 0.5) is 0 Å². The van der Waals surface area contributed by atoms with Crippen LogP contribution in [-0.2, 0) is 11.3 Å². The van der Waals surface area contributed by atoms with Crippen molar-refractivity contribution >= 4 is 5.91 Å². The van der Waals surface area contributed by atoms with Crippen LogP contribution in [0.15, 0.2) is 12.3 Å². The molecule has 2 heterocycles. The van der Waals surface area contributed by atoms with E-state index in [4.69, 9.17) is 9.47 Å². The van der Waals surface area contributed by atoms with Crippen molar-refractivity contribution in [1.29, 1.82) is 0 Å². The molecule has 1 saturated heterocycles. The zero-order chi connectivity index (χ0) is 14.8. The molecule has 0 bridgehead atoms. The lowest BCUT2D eigenvalue weighted by Crippen LogP contribution is -2.60. The van der Waals surface area contributed by atoms with Gasteiger partial charge in [0.25, 0.3) is 0 Å². The van der Waals surface area contributed by atoms with Gasteiger partial charge in [-0.1, -0.05) is 0 Å². The Bertz CT molecular complexity index is 502. The van der Waals surface area contributed by atoms with Gasteiger partial charge in [-0.05, 0) is 13.8 Å². The Kier molecular flexibility index (Phi) is 4.13. The molecule has 0 saturated carbocycles. The maximum Gasteiger partial charge on any atom is 0.242 e. The molecule has 0 spiro atoms. The number of carbonyl (C=O) groups excluding carboxylic acids is 1. The highest BCUT2D eigenvalue weighted by Crippen LogP contribution is 2.30. The zero-order valence-corrected chi connectivity index (χ0v) is 12.4. The molecule has 20 heavy (non-hydrogen) atoms. The number of amides is 1. The molecule has 6 heteroatoms. The summed E-state index contributed by atoms with van der Waals surface area (Å²) in [5.74, 6) is 1.27. The molecule has 1 aromatic rings. The van der Waals surface area contributed by atoms with E-state index in [1.165, 1.54) is 0 Å². The van der Waals surface area contributed by atoms with Crippen LogP contribution in [-0.4, -0.2) is 48.6 Å². The Morgan fingerprint density at radius 1 is 1.40 bits per heavy atom. The highest BCUT2D eigenvalue weighted by atomic mass is 16.5. The number of pyridine rings is 1. The third-order valence-electron chi connectivity index (χ3n) is 3.48. The van der Waals surface area contributed by atoms with Crippen molar-refractivity contribution < 1.29 is 14.3 Å². The second-order valence-electron chi connectivity index (χ2n) is 5.27. The minimum atomic E-state index is -0.537. The summed E-state index contributed by atoms with van der Waals surface area (Å²) in [7, 11) is 3.16. The van der Waals surface area contributed by atoms with Gasteiger partial charge in [-0.15, -0.1) is 0 Å². The topological polar surface area (TPSA) is 63.7 Å². The third-order valence-corrected chi connectivity index (χ3v) is 3.48. The quantitative estimate of drug-likeness (QED) is 0.883. The third kappa shape index (κ3) is 2.70. The molecule has 110 valence electrons. The van der Waals surface area contributed by atoms with E-state index in [2.05, 4.69) is 10.3 Å². The highest BCUT2D eigenvalue weighted by Gasteiger charge is 2.35. The van der Waals surface area contributed by atoms with Gasteiger partial charge in [0.15, 0.2) is 11.5 Å². The Balaban J connectivity index is 2.24. The SMILES string of the molecule is COc1ccnc(CN2CCNC(C)(C)C2=O)c1OC. The van der Waals surface area contributed by atoms with Gasteiger partial charge < -0.3 is 19.7 Å². The first-order valence-electron chi connectivity index (χ1n) is 6.60. The predicted molar refractivity (Wildman–Crippen MR) is 74.8 cm³/mol. The number of carbonyl (C=O) groups is 1. The van der Waals surface area contributed by atoms with Crippen LogP contribution in [0.5, 0.6) is 11.5 Å². The van der Waals surface area contributed by atoms with Crippen LogP contribution < -0.4 is 14.8 Å². The maximum absolute atomic E-state index is 12.4. The molecule has 1 N–H and O–H groups in total. The van der Waals surface area contributed by atoms with Crippen LogP contribution >= 0.6 is 0 Å². The largest absolute Gasteiger partial charge is 0.493 e.